The lowest BCUT2D eigenvalue weighted by molar-refractivity contribution is -0.119. The molecule has 16 heavy (non-hydrogen) atoms. The SMILES string of the molecule is COCC(=O)Nc1ccccc1/C=C/C=O. The molecule has 4 nitrogen and oxygen atoms in total. The number of rotatable bonds is 5. The van der Waals surface area contributed by atoms with Crippen molar-refractivity contribution >= 4 is 24.0 Å². The van der Waals surface area contributed by atoms with Gasteiger partial charge >= 0.3 is 0 Å². The van der Waals surface area contributed by atoms with E-state index in [2.05, 4.69) is 5.32 Å². The van der Waals surface area contributed by atoms with Gasteiger partial charge in [0, 0.05) is 12.8 Å². The summed E-state index contributed by atoms with van der Waals surface area (Å²) in [6, 6.07) is 7.21. The van der Waals surface area contributed by atoms with Gasteiger partial charge in [0.1, 0.15) is 12.9 Å². The molecule has 0 fully saturated rings. The van der Waals surface area contributed by atoms with Crippen LogP contribution in [0.5, 0.6) is 0 Å². The fourth-order valence-corrected chi connectivity index (χ4v) is 1.22. The van der Waals surface area contributed by atoms with Gasteiger partial charge in [-0.05, 0) is 23.8 Å². The van der Waals surface area contributed by atoms with E-state index in [9.17, 15) is 9.59 Å². The first-order valence-corrected chi connectivity index (χ1v) is 4.77. The highest BCUT2D eigenvalue weighted by Gasteiger charge is 2.03. The van der Waals surface area contributed by atoms with E-state index >= 15 is 0 Å². The number of ether oxygens (including phenoxy) is 1. The van der Waals surface area contributed by atoms with Gasteiger partial charge in [0.15, 0.2) is 0 Å². The van der Waals surface area contributed by atoms with Crippen molar-refractivity contribution in [2.45, 2.75) is 0 Å². The molecule has 1 rings (SSSR count). The first kappa shape index (κ1) is 12.1. The molecule has 0 unspecified atom stereocenters. The van der Waals surface area contributed by atoms with E-state index in [1.807, 2.05) is 12.1 Å². The number of carbonyl (C=O) groups excluding carboxylic acids is 2. The molecule has 0 aliphatic carbocycles. The number of carbonyl (C=O) groups is 2. The molecule has 0 saturated heterocycles. The normalized spacial score (nSPS) is 10.3. The third-order valence-electron chi connectivity index (χ3n) is 1.86. The number of benzene rings is 1. The van der Waals surface area contributed by atoms with E-state index in [0.717, 1.165) is 5.56 Å². The standard InChI is InChI=1S/C12H13NO3/c1-16-9-12(15)13-11-7-3-2-5-10(11)6-4-8-14/h2-8H,9H2,1H3,(H,13,15)/b6-4+. The summed E-state index contributed by atoms with van der Waals surface area (Å²) in [6.07, 6.45) is 3.70. The van der Waals surface area contributed by atoms with Crippen molar-refractivity contribution in [1.82, 2.24) is 0 Å². The summed E-state index contributed by atoms with van der Waals surface area (Å²) in [5, 5.41) is 2.69. The fourth-order valence-electron chi connectivity index (χ4n) is 1.22. The van der Waals surface area contributed by atoms with Crippen LogP contribution in [-0.4, -0.2) is 25.9 Å². The molecule has 4 heteroatoms. The largest absolute Gasteiger partial charge is 0.375 e. The zero-order chi connectivity index (χ0) is 11.8. The second kappa shape index (κ2) is 6.53. The Morgan fingerprint density at radius 3 is 2.88 bits per heavy atom. The summed E-state index contributed by atoms with van der Waals surface area (Å²) in [5.41, 5.74) is 1.43. The topological polar surface area (TPSA) is 55.4 Å². The van der Waals surface area contributed by atoms with Gasteiger partial charge in [-0.1, -0.05) is 18.2 Å². The molecule has 0 bridgehead atoms. The Kier molecular flexibility index (Phi) is 4.95. The average molecular weight is 219 g/mol. The van der Waals surface area contributed by atoms with Crippen LogP contribution in [-0.2, 0) is 14.3 Å². The van der Waals surface area contributed by atoms with Crippen LogP contribution < -0.4 is 5.32 Å². The summed E-state index contributed by atoms with van der Waals surface area (Å²) in [4.78, 5) is 21.5. The van der Waals surface area contributed by atoms with Crippen LogP contribution >= 0.6 is 0 Å². The van der Waals surface area contributed by atoms with Crippen molar-refractivity contribution in [1.29, 1.82) is 0 Å². The Bertz CT molecular complexity index is 399. The maximum atomic E-state index is 11.3. The second-order valence-corrected chi connectivity index (χ2v) is 3.06. The number of anilines is 1. The third kappa shape index (κ3) is 3.67. The lowest BCUT2D eigenvalue weighted by atomic mass is 10.1. The minimum atomic E-state index is -0.227. The molecule has 0 radical (unpaired) electrons. The highest BCUT2D eigenvalue weighted by molar-refractivity contribution is 5.94. The fraction of sp³-hybridized carbons (Fsp3) is 0.167. The first-order chi connectivity index (χ1) is 7.77. The molecule has 0 aromatic heterocycles. The van der Waals surface area contributed by atoms with E-state index < -0.39 is 0 Å². The van der Waals surface area contributed by atoms with Crippen molar-refractivity contribution in [2.24, 2.45) is 0 Å². The first-order valence-electron chi connectivity index (χ1n) is 4.77. The Labute approximate surface area is 93.9 Å². The van der Waals surface area contributed by atoms with Gasteiger partial charge in [0.25, 0.3) is 0 Å². The van der Waals surface area contributed by atoms with Crippen molar-refractivity contribution in [3.63, 3.8) is 0 Å². The predicted molar refractivity (Wildman–Crippen MR) is 62.0 cm³/mol. The maximum Gasteiger partial charge on any atom is 0.250 e. The van der Waals surface area contributed by atoms with E-state index in [4.69, 9.17) is 4.74 Å². The molecule has 1 aromatic carbocycles. The third-order valence-corrected chi connectivity index (χ3v) is 1.86. The average Bonchev–Trinajstić information content (AvgIpc) is 2.28. The summed E-state index contributed by atoms with van der Waals surface area (Å²) >= 11 is 0. The molecule has 0 spiro atoms. The molecule has 0 heterocycles. The van der Waals surface area contributed by atoms with E-state index in [-0.39, 0.29) is 12.5 Å². The molecule has 0 atom stereocenters. The highest BCUT2D eigenvalue weighted by Crippen LogP contribution is 2.16. The number of para-hydroxylation sites is 1. The lowest BCUT2D eigenvalue weighted by Crippen LogP contribution is -2.17. The number of methoxy groups -OCH3 is 1. The Morgan fingerprint density at radius 1 is 1.44 bits per heavy atom. The highest BCUT2D eigenvalue weighted by atomic mass is 16.5. The van der Waals surface area contributed by atoms with Crippen LogP contribution in [0.4, 0.5) is 5.69 Å². The van der Waals surface area contributed by atoms with Crippen LogP contribution in [0.15, 0.2) is 30.3 Å². The monoisotopic (exact) mass is 219 g/mol. The van der Waals surface area contributed by atoms with Crippen molar-refractivity contribution in [3.8, 4) is 0 Å². The molecule has 0 saturated carbocycles. The Morgan fingerprint density at radius 2 is 2.19 bits per heavy atom. The molecule has 1 amide bonds. The van der Waals surface area contributed by atoms with Gasteiger partial charge in [-0.3, -0.25) is 9.59 Å². The van der Waals surface area contributed by atoms with E-state index in [1.165, 1.54) is 13.2 Å². The molecule has 84 valence electrons. The molecular formula is C12H13NO3. The number of hydrogen-bond acceptors (Lipinski definition) is 3. The number of aldehydes is 1. The Balaban J connectivity index is 2.82. The van der Waals surface area contributed by atoms with Crippen molar-refractivity contribution in [2.75, 3.05) is 19.0 Å². The summed E-state index contributed by atoms with van der Waals surface area (Å²) in [6.45, 7) is 0.00568. The van der Waals surface area contributed by atoms with Gasteiger partial charge in [-0.25, -0.2) is 0 Å². The van der Waals surface area contributed by atoms with Gasteiger partial charge in [-0.2, -0.15) is 0 Å². The van der Waals surface area contributed by atoms with Gasteiger partial charge in [-0.15, -0.1) is 0 Å². The van der Waals surface area contributed by atoms with Gasteiger partial charge < -0.3 is 10.1 Å². The Hall–Kier alpha value is -1.94. The van der Waals surface area contributed by atoms with Crippen LogP contribution in [0.1, 0.15) is 5.56 Å². The maximum absolute atomic E-state index is 11.3. The summed E-state index contributed by atoms with van der Waals surface area (Å²) in [7, 11) is 1.46. The predicted octanol–water partition coefficient (Wildman–Crippen LogP) is 1.48. The smallest absolute Gasteiger partial charge is 0.250 e. The van der Waals surface area contributed by atoms with Crippen LogP contribution in [0.3, 0.4) is 0 Å². The quantitative estimate of drug-likeness (QED) is 0.603. The number of amides is 1. The summed E-state index contributed by atoms with van der Waals surface area (Å²) in [5.74, 6) is -0.227. The number of nitrogens with one attached hydrogen (secondary N) is 1. The second-order valence-electron chi connectivity index (χ2n) is 3.06. The van der Waals surface area contributed by atoms with Crippen LogP contribution in [0, 0.1) is 0 Å². The van der Waals surface area contributed by atoms with E-state index in [1.54, 1.807) is 18.2 Å². The molecule has 0 aliphatic heterocycles. The molecular weight excluding hydrogens is 206 g/mol. The van der Waals surface area contributed by atoms with Crippen molar-refractivity contribution < 1.29 is 14.3 Å². The van der Waals surface area contributed by atoms with Gasteiger partial charge in [0.2, 0.25) is 5.91 Å². The van der Waals surface area contributed by atoms with Crippen molar-refractivity contribution in [3.05, 3.63) is 35.9 Å². The molecule has 0 aliphatic rings. The minimum Gasteiger partial charge on any atom is -0.375 e. The van der Waals surface area contributed by atoms with Gasteiger partial charge in [0.05, 0.1) is 0 Å². The zero-order valence-corrected chi connectivity index (χ0v) is 8.97. The zero-order valence-electron chi connectivity index (χ0n) is 8.97. The number of allylic oxidation sites excluding steroid dienone is 1. The molecule has 1 N–H and O–H groups in total. The van der Waals surface area contributed by atoms with Crippen LogP contribution in [0.25, 0.3) is 6.08 Å². The van der Waals surface area contributed by atoms with Crippen LogP contribution in [0.2, 0.25) is 0 Å². The van der Waals surface area contributed by atoms with E-state index in [0.29, 0.717) is 12.0 Å². The summed E-state index contributed by atoms with van der Waals surface area (Å²) < 4.78 is 4.71. The lowest BCUT2D eigenvalue weighted by Gasteiger charge is -2.07. The minimum absolute atomic E-state index is 0.00568. The molecule has 1 aromatic rings. The number of hydrogen-bond donors (Lipinski definition) is 1.